The molecule has 6 heteroatoms. The molecule has 0 aliphatic heterocycles. The third kappa shape index (κ3) is 5.00. The van der Waals surface area contributed by atoms with Crippen LogP contribution in [0.3, 0.4) is 0 Å². The Bertz CT molecular complexity index is 519. The first-order valence-corrected chi connectivity index (χ1v) is 7.74. The van der Waals surface area contributed by atoms with Gasteiger partial charge in [0.2, 0.25) is 5.91 Å². The van der Waals surface area contributed by atoms with Gasteiger partial charge in [0.25, 0.3) is 0 Å². The van der Waals surface area contributed by atoms with Crippen molar-refractivity contribution in [2.75, 3.05) is 12.3 Å². The monoisotopic (exact) mass is 284 g/mol. The lowest BCUT2D eigenvalue weighted by Crippen LogP contribution is -2.49. The summed E-state index contributed by atoms with van der Waals surface area (Å²) in [5.41, 5.74) is 4.66. The van der Waals surface area contributed by atoms with Crippen LogP contribution in [0, 0.1) is 0 Å². The predicted molar refractivity (Wildman–Crippen MR) is 74.4 cm³/mol. The van der Waals surface area contributed by atoms with Crippen LogP contribution >= 0.6 is 0 Å². The van der Waals surface area contributed by atoms with Crippen LogP contribution in [-0.4, -0.2) is 32.2 Å². The highest BCUT2D eigenvalue weighted by Crippen LogP contribution is 2.10. The van der Waals surface area contributed by atoms with Crippen molar-refractivity contribution in [1.82, 2.24) is 5.32 Å². The molecule has 0 atom stereocenters. The fourth-order valence-electron chi connectivity index (χ4n) is 1.44. The molecule has 106 valence electrons. The molecular formula is C13H20N2O3S. The van der Waals surface area contributed by atoms with E-state index in [1.165, 1.54) is 0 Å². The zero-order chi connectivity index (χ0) is 14.5. The second kappa shape index (κ2) is 6.16. The standard InChI is InChI=1S/C13H20N2O3S/c1-13(2,14)12(16)15-9-6-10-19(17,18)11-7-4-3-5-8-11/h3-5,7-8H,6,9-10,14H2,1-2H3,(H,15,16). The van der Waals surface area contributed by atoms with Gasteiger partial charge in [-0.25, -0.2) is 8.42 Å². The molecule has 0 spiro atoms. The first-order valence-electron chi connectivity index (χ1n) is 6.08. The van der Waals surface area contributed by atoms with Crippen molar-refractivity contribution in [1.29, 1.82) is 0 Å². The van der Waals surface area contributed by atoms with Gasteiger partial charge < -0.3 is 11.1 Å². The first kappa shape index (κ1) is 15.7. The van der Waals surface area contributed by atoms with Crippen molar-refractivity contribution in [3.05, 3.63) is 30.3 Å². The first-order chi connectivity index (χ1) is 8.73. The summed E-state index contributed by atoms with van der Waals surface area (Å²) in [5.74, 6) is -0.285. The Morgan fingerprint density at radius 1 is 1.26 bits per heavy atom. The minimum absolute atomic E-state index is 0.00228. The van der Waals surface area contributed by atoms with Crippen LogP contribution in [0.15, 0.2) is 35.2 Å². The molecule has 19 heavy (non-hydrogen) atoms. The summed E-state index contributed by atoms with van der Waals surface area (Å²) in [6.07, 6.45) is 0.360. The second-order valence-corrected chi connectivity index (χ2v) is 7.07. The molecule has 0 aliphatic rings. The van der Waals surface area contributed by atoms with Gasteiger partial charge in [-0.1, -0.05) is 18.2 Å². The molecule has 1 aromatic carbocycles. The van der Waals surface area contributed by atoms with Crippen LogP contribution in [-0.2, 0) is 14.6 Å². The van der Waals surface area contributed by atoms with Crippen LogP contribution in [0.25, 0.3) is 0 Å². The summed E-state index contributed by atoms with van der Waals surface area (Å²) in [6, 6.07) is 8.27. The van der Waals surface area contributed by atoms with Crippen LogP contribution in [0.5, 0.6) is 0 Å². The topological polar surface area (TPSA) is 89.3 Å². The highest BCUT2D eigenvalue weighted by molar-refractivity contribution is 7.91. The van der Waals surface area contributed by atoms with Crippen molar-refractivity contribution >= 4 is 15.7 Å². The van der Waals surface area contributed by atoms with Gasteiger partial charge in [-0.15, -0.1) is 0 Å². The minimum Gasteiger partial charge on any atom is -0.354 e. The Kier molecular flexibility index (Phi) is 5.08. The van der Waals surface area contributed by atoms with Crippen molar-refractivity contribution in [2.24, 2.45) is 5.73 Å². The number of hydrogen-bond acceptors (Lipinski definition) is 4. The van der Waals surface area contributed by atoms with E-state index in [0.717, 1.165) is 0 Å². The zero-order valence-corrected chi connectivity index (χ0v) is 12.0. The summed E-state index contributed by atoms with van der Waals surface area (Å²) < 4.78 is 23.9. The van der Waals surface area contributed by atoms with Crippen molar-refractivity contribution in [3.63, 3.8) is 0 Å². The molecule has 0 unspecified atom stereocenters. The SMILES string of the molecule is CC(C)(N)C(=O)NCCCS(=O)(=O)c1ccccc1. The number of amides is 1. The van der Waals surface area contributed by atoms with E-state index in [2.05, 4.69) is 5.32 Å². The van der Waals surface area contributed by atoms with Gasteiger partial charge in [-0.3, -0.25) is 4.79 Å². The molecular weight excluding hydrogens is 264 g/mol. The van der Waals surface area contributed by atoms with Gasteiger partial charge >= 0.3 is 0 Å². The molecule has 1 aromatic rings. The summed E-state index contributed by atoms with van der Waals surface area (Å²) in [7, 11) is -3.28. The highest BCUT2D eigenvalue weighted by atomic mass is 32.2. The molecule has 0 saturated carbocycles. The molecule has 0 bridgehead atoms. The summed E-state index contributed by atoms with van der Waals surface area (Å²) in [6.45, 7) is 3.50. The zero-order valence-electron chi connectivity index (χ0n) is 11.2. The van der Waals surface area contributed by atoms with Crippen LogP contribution in [0.2, 0.25) is 0 Å². The quantitative estimate of drug-likeness (QED) is 0.753. The molecule has 0 aliphatic carbocycles. The summed E-state index contributed by atoms with van der Waals surface area (Å²) in [4.78, 5) is 11.8. The minimum atomic E-state index is -3.28. The number of rotatable bonds is 6. The maximum absolute atomic E-state index is 11.9. The van der Waals surface area contributed by atoms with E-state index < -0.39 is 15.4 Å². The van der Waals surface area contributed by atoms with Crippen LogP contribution in [0.4, 0.5) is 0 Å². The third-order valence-corrected chi connectivity index (χ3v) is 4.38. The molecule has 0 fully saturated rings. The number of hydrogen-bond donors (Lipinski definition) is 2. The van der Waals surface area contributed by atoms with Crippen molar-refractivity contribution in [2.45, 2.75) is 30.7 Å². The molecule has 5 nitrogen and oxygen atoms in total. The number of nitrogens with one attached hydrogen (secondary N) is 1. The Balaban J connectivity index is 2.44. The van der Waals surface area contributed by atoms with E-state index in [4.69, 9.17) is 5.73 Å². The molecule has 3 N–H and O–H groups in total. The maximum Gasteiger partial charge on any atom is 0.239 e. The van der Waals surface area contributed by atoms with E-state index in [-0.39, 0.29) is 11.7 Å². The fourth-order valence-corrected chi connectivity index (χ4v) is 2.77. The highest BCUT2D eigenvalue weighted by Gasteiger charge is 2.21. The molecule has 1 rings (SSSR count). The lowest BCUT2D eigenvalue weighted by Gasteiger charge is -2.17. The van der Waals surface area contributed by atoms with Gasteiger partial charge in [0, 0.05) is 6.54 Å². The average molecular weight is 284 g/mol. The molecule has 0 saturated heterocycles. The number of nitrogens with two attached hydrogens (primary N) is 1. The fraction of sp³-hybridized carbons (Fsp3) is 0.462. The number of carbonyl (C=O) groups is 1. The van der Waals surface area contributed by atoms with E-state index in [1.807, 2.05) is 0 Å². The van der Waals surface area contributed by atoms with Gasteiger partial charge in [0.15, 0.2) is 9.84 Å². The Morgan fingerprint density at radius 2 is 1.84 bits per heavy atom. The lowest BCUT2D eigenvalue weighted by atomic mass is 10.1. The van der Waals surface area contributed by atoms with Crippen LogP contribution in [0.1, 0.15) is 20.3 Å². The maximum atomic E-state index is 11.9. The van der Waals surface area contributed by atoms with Crippen molar-refractivity contribution < 1.29 is 13.2 Å². The lowest BCUT2D eigenvalue weighted by molar-refractivity contribution is -0.125. The molecule has 0 radical (unpaired) electrons. The molecule has 0 heterocycles. The van der Waals surface area contributed by atoms with Gasteiger partial charge in [0.05, 0.1) is 16.2 Å². The van der Waals surface area contributed by atoms with E-state index in [0.29, 0.717) is 17.9 Å². The molecule has 0 aromatic heterocycles. The predicted octanol–water partition coefficient (Wildman–Crippen LogP) is 0.704. The molecule has 1 amide bonds. The third-order valence-electron chi connectivity index (χ3n) is 2.56. The smallest absolute Gasteiger partial charge is 0.239 e. The normalized spacial score (nSPS) is 12.2. The number of benzene rings is 1. The Morgan fingerprint density at radius 3 is 2.37 bits per heavy atom. The van der Waals surface area contributed by atoms with E-state index >= 15 is 0 Å². The average Bonchev–Trinajstić information content (AvgIpc) is 2.34. The van der Waals surface area contributed by atoms with Crippen LogP contribution < -0.4 is 11.1 Å². The number of sulfone groups is 1. The Labute approximate surface area is 114 Å². The van der Waals surface area contributed by atoms with E-state index in [9.17, 15) is 13.2 Å². The second-order valence-electron chi connectivity index (χ2n) is 4.96. The number of carbonyl (C=O) groups excluding carboxylic acids is 1. The van der Waals surface area contributed by atoms with Gasteiger partial charge in [-0.05, 0) is 32.4 Å². The van der Waals surface area contributed by atoms with E-state index in [1.54, 1.807) is 44.2 Å². The largest absolute Gasteiger partial charge is 0.354 e. The Hall–Kier alpha value is -1.40. The van der Waals surface area contributed by atoms with Gasteiger partial charge in [0.1, 0.15) is 0 Å². The van der Waals surface area contributed by atoms with Gasteiger partial charge in [-0.2, -0.15) is 0 Å². The summed E-state index contributed by atoms with van der Waals surface area (Å²) >= 11 is 0. The van der Waals surface area contributed by atoms with Crippen molar-refractivity contribution in [3.8, 4) is 0 Å². The summed E-state index contributed by atoms with van der Waals surface area (Å²) in [5, 5.41) is 2.62.